The van der Waals surface area contributed by atoms with Crippen molar-refractivity contribution in [2.24, 2.45) is 0 Å². The van der Waals surface area contributed by atoms with Gasteiger partial charge in [0.15, 0.2) is 0 Å². The fourth-order valence-electron chi connectivity index (χ4n) is 0.547. The van der Waals surface area contributed by atoms with Crippen molar-refractivity contribution in [2.45, 2.75) is 0 Å². The van der Waals surface area contributed by atoms with E-state index in [1.807, 2.05) is 5.41 Å². The fraction of sp³-hybridized carbons (Fsp3) is 0.200. The summed E-state index contributed by atoms with van der Waals surface area (Å²) in [7, 11) is 0. The van der Waals surface area contributed by atoms with E-state index < -0.39 is 0 Å². The van der Waals surface area contributed by atoms with Crippen LogP contribution in [-0.2, 0) is 0 Å². The summed E-state index contributed by atoms with van der Waals surface area (Å²) < 4.78 is 0.931. The van der Waals surface area contributed by atoms with Gasteiger partial charge in [0, 0.05) is 9.66 Å². The smallest absolute Gasteiger partial charge is 0.257 e. The van der Waals surface area contributed by atoms with Crippen LogP contribution in [0.3, 0.4) is 0 Å². The second-order valence-electron chi connectivity index (χ2n) is 1.71. The molecule has 0 aromatic heterocycles. The van der Waals surface area contributed by atoms with Gasteiger partial charge in [-0.15, -0.1) is 11.8 Å². The highest BCUT2D eigenvalue weighted by Crippen LogP contribution is 2.24. The third-order valence-electron chi connectivity index (χ3n) is 0.966. The monoisotopic (exact) mass is 269 g/mol. The first kappa shape index (κ1) is 8.06. The number of hydrogen-bond acceptors (Lipinski definition) is 3. The molecule has 0 atom stereocenters. The molecule has 0 radical (unpaired) electrons. The summed E-state index contributed by atoms with van der Waals surface area (Å²) in [4.78, 5) is 9.86. The normalized spacial score (nSPS) is 17.7. The van der Waals surface area contributed by atoms with Crippen LogP contribution >= 0.6 is 34.4 Å². The number of nitro groups is 1. The maximum atomic E-state index is 10.2. The minimum atomic E-state index is -0.335. The molecule has 0 saturated carbocycles. The molecule has 54 valence electrons. The lowest BCUT2D eigenvalue weighted by Gasteiger charge is -2.00. The number of thioether (sulfide) groups is 1. The van der Waals surface area contributed by atoms with Gasteiger partial charge in [0.2, 0.25) is 0 Å². The molecular weight excluding hydrogens is 265 g/mol. The molecule has 0 aliphatic carbocycles. The van der Waals surface area contributed by atoms with Gasteiger partial charge >= 0.3 is 0 Å². The predicted molar refractivity (Wildman–Crippen MR) is 49.6 cm³/mol. The topological polar surface area (TPSA) is 43.1 Å². The van der Waals surface area contributed by atoms with Gasteiger partial charge in [0.1, 0.15) is 0 Å². The van der Waals surface area contributed by atoms with Gasteiger partial charge in [0.05, 0.1) is 10.7 Å². The second-order valence-corrected chi connectivity index (χ2v) is 3.81. The van der Waals surface area contributed by atoms with Crippen LogP contribution in [0.2, 0.25) is 0 Å². The molecule has 0 aromatic carbocycles. The Hall–Kier alpha value is -0.0400. The molecule has 0 N–H and O–H groups in total. The van der Waals surface area contributed by atoms with Gasteiger partial charge in [-0.3, -0.25) is 10.1 Å². The lowest BCUT2D eigenvalue weighted by molar-refractivity contribution is -0.423. The van der Waals surface area contributed by atoms with Crippen LogP contribution in [0.5, 0.6) is 0 Å². The van der Waals surface area contributed by atoms with E-state index in [9.17, 15) is 10.1 Å². The summed E-state index contributed by atoms with van der Waals surface area (Å²) in [6.45, 7) is 0. The zero-order valence-electron chi connectivity index (χ0n) is 4.91. The standard InChI is InChI=1S/C5H4INO2S/c6-4-1-5(7(8)9)3-10-2-4/h1-2H,3H2. The van der Waals surface area contributed by atoms with Crippen LogP contribution in [0.25, 0.3) is 0 Å². The third-order valence-corrected chi connectivity index (χ3v) is 2.89. The summed E-state index contributed by atoms with van der Waals surface area (Å²) in [6, 6.07) is 0. The molecule has 0 bridgehead atoms. The van der Waals surface area contributed by atoms with E-state index in [0.717, 1.165) is 3.58 Å². The van der Waals surface area contributed by atoms with E-state index in [-0.39, 0.29) is 10.6 Å². The van der Waals surface area contributed by atoms with Gasteiger partial charge in [-0.1, -0.05) is 0 Å². The van der Waals surface area contributed by atoms with Crippen molar-refractivity contribution < 1.29 is 4.92 Å². The van der Waals surface area contributed by atoms with E-state index in [4.69, 9.17) is 0 Å². The van der Waals surface area contributed by atoms with Crippen molar-refractivity contribution in [1.82, 2.24) is 0 Å². The Bertz CT molecular complexity index is 224. The van der Waals surface area contributed by atoms with E-state index in [2.05, 4.69) is 22.6 Å². The zero-order valence-corrected chi connectivity index (χ0v) is 7.89. The largest absolute Gasteiger partial charge is 0.259 e. The number of nitrogens with zero attached hydrogens (tertiary/aromatic N) is 1. The van der Waals surface area contributed by atoms with Crippen LogP contribution < -0.4 is 0 Å². The molecule has 0 saturated heterocycles. The molecule has 1 heterocycles. The van der Waals surface area contributed by atoms with Gasteiger partial charge in [0.25, 0.3) is 5.70 Å². The number of hydrogen-bond donors (Lipinski definition) is 0. The Balaban J connectivity index is 2.78. The predicted octanol–water partition coefficient (Wildman–Crippen LogP) is 2.17. The molecule has 1 rings (SSSR count). The second kappa shape index (κ2) is 3.38. The molecule has 0 spiro atoms. The van der Waals surface area contributed by atoms with E-state index in [0.29, 0.717) is 5.75 Å². The molecular formula is C5H4INO2S. The molecule has 0 unspecified atom stereocenters. The highest BCUT2D eigenvalue weighted by Gasteiger charge is 2.13. The molecule has 0 fully saturated rings. The molecule has 3 nitrogen and oxygen atoms in total. The Labute approximate surface area is 75.9 Å². The third kappa shape index (κ3) is 1.98. The molecule has 10 heavy (non-hydrogen) atoms. The first-order chi connectivity index (χ1) is 4.70. The van der Waals surface area contributed by atoms with Crippen molar-refractivity contribution in [1.29, 1.82) is 0 Å². The van der Waals surface area contributed by atoms with E-state index >= 15 is 0 Å². The van der Waals surface area contributed by atoms with E-state index in [1.54, 1.807) is 6.08 Å². The Morgan fingerprint density at radius 2 is 2.50 bits per heavy atom. The first-order valence-corrected chi connectivity index (χ1v) is 4.65. The van der Waals surface area contributed by atoms with Crippen LogP contribution in [0.15, 0.2) is 20.8 Å². The molecule has 0 aromatic rings. The van der Waals surface area contributed by atoms with Gasteiger partial charge in [-0.25, -0.2) is 0 Å². The molecule has 5 heteroatoms. The van der Waals surface area contributed by atoms with Crippen LogP contribution in [-0.4, -0.2) is 10.7 Å². The van der Waals surface area contributed by atoms with Gasteiger partial charge in [-0.05, 0) is 28.0 Å². The fourth-order valence-corrected chi connectivity index (χ4v) is 2.12. The van der Waals surface area contributed by atoms with Crippen molar-refractivity contribution in [2.75, 3.05) is 5.75 Å². The van der Waals surface area contributed by atoms with Gasteiger partial charge in [-0.2, -0.15) is 0 Å². The van der Waals surface area contributed by atoms with Gasteiger partial charge < -0.3 is 0 Å². The van der Waals surface area contributed by atoms with Crippen molar-refractivity contribution in [3.63, 3.8) is 0 Å². The molecule has 1 aliphatic heterocycles. The zero-order chi connectivity index (χ0) is 7.56. The maximum absolute atomic E-state index is 10.2. The quantitative estimate of drug-likeness (QED) is 0.416. The highest BCUT2D eigenvalue weighted by atomic mass is 127. The summed E-state index contributed by atoms with van der Waals surface area (Å²) >= 11 is 3.52. The number of halogens is 1. The average molecular weight is 269 g/mol. The molecule has 0 amide bonds. The van der Waals surface area contributed by atoms with Crippen molar-refractivity contribution >= 4 is 34.4 Å². The Kier molecular flexibility index (Phi) is 2.72. The van der Waals surface area contributed by atoms with E-state index in [1.165, 1.54) is 11.8 Å². The SMILES string of the molecule is O=[N+]([O-])C1=CC(I)=CSC1. The minimum Gasteiger partial charge on any atom is -0.259 e. The van der Waals surface area contributed by atoms with Crippen molar-refractivity contribution in [3.05, 3.63) is 30.9 Å². The number of rotatable bonds is 1. The lowest BCUT2D eigenvalue weighted by Crippen LogP contribution is -2.02. The molecule has 1 aliphatic rings. The maximum Gasteiger partial charge on any atom is 0.257 e. The Morgan fingerprint density at radius 1 is 1.80 bits per heavy atom. The Morgan fingerprint density at radius 3 is 2.90 bits per heavy atom. The summed E-state index contributed by atoms with van der Waals surface area (Å²) in [6.07, 6.45) is 1.59. The first-order valence-electron chi connectivity index (χ1n) is 2.52. The van der Waals surface area contributed by atoms with Crippen LogP contribution in [0.1, 0.15) is 0 Å². The van der Waals surface area contributed by atoms with Crippen LogP contribution in [0.4, 0.5) is 0 Å². The summed E-state index contributed by atoms with van der Waals surface area (Å²) in [5.41, 5.74) is 0.289. The average Bonchev–Trinajstić information content (AvgIpc) is 1.88. The number of allylic oxidation sites excluding steroid dienone is 2. The van der Waals surface area contributed by atoms with Crippen molar-refractivity contribution in [3.8, 4) is 0 Å². The highest BCUT2D eigenvalue weighted by molar-refractivity contribution is 14.1. The minimum absolute atomic E-state index is 0.289. The summed E-state index contributed by atoms with van der Waals surface area (Å²) in [5.74, 6) is 0.486. The van der Waals surface area contributed by atoms with Crippen LogP contribution in [0, 0.1) is 10.1 Å². The summed E-state index contributed by atoms with van der Waals surface area (Å²) in [5, 5.41) is 12.1. The lowest BCUT2D eigenvalue weighted by atomic mass is 10.4.